The minimum Gasteiger partial charge on any atom is -0.338 e. The maximum Gasteiger partial charge on any atom is 0.226 e. The summed E-state index contributed by atoms with van der Waals surface area (Å²) in [4.78, 5) is 36.7. The molecule has 2 rings (SSSR count). The monoisotopic (exact) mass is 366 g/mol. The van der Waals surface area contributed by atoms with E-state index in [9.17, 15) is 22.8 Å². The van der Waals surface area contributed by atoms with Gasteiger partial charge in [0.1, 0.15) is 0 Å². The molecule has 7 nitrogen and oxygen atoms in total. The van der Waals surface area contributed by atoms with Crippen LogP contribution in [0.15, 0.2) is 24.3 Å². The van der Waals surface area contributed by atoms with Gasteiger partial charge in [0.25, 0.3) is 0 Å². The van der Waals surface area contributed by atoms with E-state index in [1.807, 2.05) is 0 Å². The molecular weight excluding hydrogens is 344 g/mol. The molecule has 0 saturated carbocycles. The molecule has 8 heteroatoms. The van der Waals surface area contributed by atoms with Crippen LogP contribution in [0.4, 0.5) is 5.69 Å². The highest BCUT2D eigenvalue weighted by molar-refractivity contribution is 7.91. The zero-order valence-corrected chi connectivity index (χ0v) is 15.1. The van der Waals surface area contributed by atoms with Crippen molar-refractivity contribution in [3.8, 4) is 0 Å². The quantitative estimate of drug-likeness (QED) is 0.764. The van der Waals surface area contributed by atoms with Crippen molar-refractivity contribution < 1.29 is 22.8 Å². The maximum absolute atomic E-state index is 12.1. The molecule has 1 aromatic carbocycles. The van der Waals surface area contributed by atoms with E-state index in [-0.39, 0.29) is 48.1 Å². The van der Waals surface area contributed by atoms with Crippen LogP contribution in [0.5, 0.6) is 0 Å². The number of Topliss-reactive ketones (excluding diaryl/α,β-unsaturated/α-hetero) is 1. The third kappa shape index (κ3) is 5.38. The molecule has 0 spiro atoms. The number of nitrogens with one attached hydrogen (secondary N) is 1. The number of benzene rings is 1. The molecule has 1 unspecified atom stereocenters. The first-order valence-corrected chi connectivity index (χ1v) is 9.88. The molecule has 1 N–H and O–H groups in total. The highest BCUT2D eigenvalue weighted by Gasteiger charge is 2.33. The number of hydrogen-bond acceptors (Lipinski definition) is 5. The Hall–Kier alpha value is -2.22. The van der Waals surface area contributed by atoms with E-state index >= 15 is 0 Å². The first-order chi connectivity index (χ1) is 11.7. The van der Waals surface area contributed by atoms with Crippen molar-refractivity contribution in [1.29, 1.82) is 0 Å². The van der Waals surface area contributed by atoms with Crippen LogP contribution in [0.3, 0.4) is 0 Å². The van der Waals surface area contributed by atoms with Crippen molar-refractivity contribution in [3.63, 3.8) is 0 Å². The van der Waals surface area contributed by atoms with Crippen LogP contribution < -0.4 is 5.32 Å². The standard InChI is InChI=1S/C17H22N2O5S/c1-12(20)14-4-3-5-15(10-14)18-17(22)6-8-19(13(2)21)16-7-9-25(23,24)11-16/h3-5,10,16H,6-9,11H2,1-2H3,(H,18,22). The number of sulfone groups is 1. The van der Waals surface area contributed by atoms with E-state index in [1.54, 1.807) is 24.3 Å². The van der Waals surface area contributed by atoms with Crippen LogP contribution in [0.1, 0.15) is 37.0 Å². The lowest BCUT2D eigenvalue weighted by molar-refractivity contribution is -0.131. The number of hydrogen-bond donors (Lipinski definition) is 1. The zero-order chi connectivity index (χ0) is 18.6. The smallest absolute Gasteiger partial charge is 0.226 e. The third-order valence-electron chi connectivity index (χ3n) is 4.19. The van der Waals surface area contributed by atoms with E-state index < -0.39 is 9.84 Å². The van der Waals surface area contributed by atoms with Gasteiger partial charge >= 0.3 is 0 Å². The Balaban J connectivity index is 1.94. The van der Waals surface area contributed by atoms with Crippen molar-refractivity contribution in [3.05, 3.63) is 29.8 Å². The van der Waals surface area contributed by atoms with Gasteiger partial charge in [-0.3, -0.25) is 14.4 Å². The fourth-order valence-corrected chi connectivity index (χ4v) is 4.61. The van der Waals surface area contributed by atoms with Gasteiger partial charge < -0.3 is 10.2 Å². The highest BCUT2D eigenvalue weighted by atomic mass is 32.2. The predicted octanol–water partition coefficient (Wildman–Crippen LogP) is 1.25. The maximum atomic E-state index is 12.1. The van der Waals surface area contributed by atoms with Crippen molar-refractivity contribution >= 4 is 33.1 Å². The first kappa shape index (κ1) is 19.1. The Morgan fingerprint density at radius 1 is 1.24 bits per heavy atom. The van der Waals surface area contributed by atoms with Crippen LogP contribution in [0.25, 0.3) is 0 Å². The zero-order valence-electron chi connectivity index (χ0n) is 14.3. The van der Waals surface area contributed by atoms with Gasteiger partial charge in [-0.1, -0.05) is 12.1 Å². The fraction of sp³-hybridized carbons (Fsp3) is 0.471. The van der Waals surface area contributed by atoms with Crippen molar-refractivity contribution in [2.75, 3.05) is 23.4 Å². The third-order valence-corrected chi connectivity index (χ3v) is 5.94. The molecule has 2 amide bonds. The molecule has 0 aromatic heterocycles. The van der Waals surface area contributed by atoms with Gasteiger partial charge in [0.15, 0.2) is 15.6 Å². The van der Waals surface area contributed by atoms with Gasteiger partial charge in [0.05, 0.1) is 11.5 Å². The molecule has 0 radical (unpaired) electrons. The van der Waals surface area contributed by atoms with Gasteiger partial charge in [0.2, 0.25) is 11.8 Å². The summed E-state index contributed by atoms with van der Waals surface area (Å²) < 4.78 is 23.2. The number of ketones is 1. The molecule has 136 valence electrons. The molecule has 1 heterocycles. The summed E-state index contributed by atoms with van der Waals surface area (Å²) in [6, 6.07) is 6.24. The lowest BCUT2D eigenvalue weighted by atomic mass is 10.1. The van der Waals surface area contributed by atoms with Crippen LogP contribution >= 0.6 is 0 Å². The van der Waals surface area contributed by atoms with Gasteiger partial charge in [-0.05, 0) is 25.5 Å². The molecule has 1 atom stereocenters. The molecule has 1 aliphatic heterocycles. The SMILES string of the molecule is CC(=O)c1cccc(NC(=O)CCN(C(C)=O)C2CCS(=O)(=O)C2)c1. The number of amides is 2. The first-order valence-electron chi connectivity index (χ1n) is 8.06. The second-order valence-electron chi connectivity index (χ2n) is 6.20. The van der Waals surface area contributed by atoms with E-state index in [0.717, 1.165) is 0 Å². The van der Waals surface area contributed by atoms with Crippen molar-refractivity contribution in [1.82, 2.24) is 4.90 Å². The Morgan fingerprint density at radius 3 is 2.52 bits per heavy atom. The summed E-state index contributed by atoms with van der Waals surface area (Å²) in [6.45, 7) is 2.98. The van der Waals surface area contributed by atoms with Gasteiger partial charge in [-0.2, -0.15) is 0 Å². The fourth-order valence-electron chi connectivity index (χ4n) is 2.88. The number of carbonyl (C=O) groups excluding carboxylic acids is 3. The average Bonchev–Trinajstić information content (AvgIpc) is 2.87. The summed E-state index contributed by atoms with van der Waals surface area (Å²) in [6.07, 6.45) is 0.463. The number of nitrogens with zero attached hydrogens (tertiary/aromatic N) is 1. The van der Waals surface area contributed by atoms with Crippen LogP contribution in [0, 0.1) is 0 Å². The van der Waals surface area contributed by atoms with Gasteiger partial charge in [-0.15, -0.1) is 0 Å². The number of anilines is 1. The molecule has 1 aliphatic rings. The summed E-state index contributed by atoms with van der Waals surface area (Å²) >= 11 is 0. The van der Waals surface area contributed by atoms with Crippen LogP contribution in [-0.4, -0.2) is 55.0 Å². The number of carbonyl (C=O) groups is 3. The van der Waals surface area contributed by atoms with Gasteiger partial charge in [0, 0.05) is 37.2 Å². The van der Waals surface area contributed by atoms with Crippen molar-refractivity contribution in [2.45, 2.75) is 32.7 Å². The molecule has 25 heavy (non-hydrogen) atoms. The van der Waals surface area contributed by atoms with Crippen LogP contribution in [0.2, 0.25) is 0 Å². The normalized spacial score (nSPS) is 18.6. The lowest BCUT2D eigenvalue weighted by Gasteiger charge is -2.26. The molecular formula is C17H22N2O5S. The Morgan fingerprint density at radius 2 is 1.96 bits per heavy atom. The summed E-state index contributed by atoms with van der Waals surface area (Å²) in [5.41, 5.74) is 1.01. The average molecular weight is 366 g/mol. The lowest BCUT2D eigenvalue weighted by Crippen LogP contribution is -2.41. The molecule has 0 aliphatic carbocycles. The highest BCUT2D eigenvalue weighted by Crippen LogP contribution is 2.18. The molecule has 0 bridgehead atoms. The number of rotatable bonds is 6. The van der Waals surface area contributed by atoms with E-state index in [1.165, 1.54) is 18.7 Å². The predicted molar refractivity (Wildman–Crippen MR) is 94.1 cm³/mol. The molecule has 1 saturated heterocycles. The van der Waals surface area contributed by atoms with E-state index in [4.69, 9.17) is 0 Å². The molecule has 1 aromatic rings. The van der Waals surface area contributed by atoms with Crippen LogP contribution in [-0.2, 0) is 19.4 Å². The van der Waals surface area contributed by atoms with Crippen molar-refractivity contribution in [2.24, 2.45) is 0 Å². The summed E-state index contributed by atoms with van der Waals surface area (Å²) in [7, 11) is -3.10. The largest absolute Gasteiger partial charge is 0.338 e. The topological polar surface area (TPSA) is 101 Å². The summed E-state index contributed by atoms with van der Waals surface area (Å²) in [5.74, 6) is -0.608. The van der Waals surface area contributed by atoms with Gasteiger partial charge in [-0.25, -0.2) is 8.42 Å². The Labute approximate surface area is 147 Å². The second-order valence-corrected chi connectivity index (χ2v) is 8.43. The minimum atomic E-state index is -3.10. The van der Waals surface area contributed by atoms with E-state index in [0.29, 0.717) is 17.7 Å². The summed E-state index contributed by atoms with van der Waals surface area (Å²) in [5, 5.41) is 2.69. The molecule has 1 fully saturated rings. The second kappa shape index (κ2) is 7.77. The Kier molecular flexibility index (Phi) is 5.94. The minimum absolute atomic E-state index is 0.0468. The van der Waals surface area contributed by atoms with E-state index in [2.05, 4.69) is 5.32 Å². The Bertz CT molecular complexity index is 788.